The standard InChI is InChI=1S/C16H17ClN2O3/c1-18-15-14(20-2)9-12(10-19-15)16(21-7-8-22-16)11-3-5-13(17)6-4-11/h3-6,9-10H,7-8H2,1-2H3,(H,18,19). The summed E-state index contributed by atoms with van der Waals surface area (Å²) < 4.78 is 17.3. The molecule has 1 saturated heterocycles. The third-order valence-corrected chi connectivity index (χ3v) is 3.86. The van der Waals surface area contributed by atoms with Crippen molar-refractivity contribution in [2.45, 2.75) is 5.79 Å². The highest BCUT2D eigenvalue weighted by molar-refractivity contribution is 6.30. The van der Waals surface area contributed by atoms with Gasteiger partial charge in [0.1, 0.15) is 0 Å². The summed E-state index contributed by atoms with van der Waals surface area (Å²) in [5.41, 5.74) is 1.65. The van der Waals surface area contributed by atoms with Crippen LogP contribution in [0, 0.1) is 0 Å². The average molecular weight is 321 g/mol. The Balaban J connectivity index is 2.10. The van der Waals surface area contributed by atoms with Crippen LogP contribution in [0.25, 0.3) is 0 Å². The van der Waals surface area contributed by atoms with Gasteiger partial charge in [0.05, 0.1) is 20.3 Å². The molecule has 0 spiro atoms. The summed E-state index contributed by atoms with van der Waals surface area (Å²) in [7, 11) is 3.40. The molecule has 1 fully saturated rings. The van der Waals surface area contributed by atoms with Gasteiger partial charge < -0.3 is 19.5 Å². The molecule has 0 aliphatic carbocycles. The number of methoxy groups -OCH3 is 1. The van der Waals surface area contributed by atoms with Crippen LogP contribution in [0.3, 0.4) is 0 Å². The van der Waals surface area contributed by atoms with Crippen LogP contribution in [0.5, 0.6) is 5.75 Å². The van der Waals surface area contributed by atoms with Crippen LogP contribution in [0.2, 0.25) is 5.02 Å². The quantitative estimate of drug-likeness (QED) is 0.938. The van der Waals surface area contributed by atoms with Crippen molar-refractivity contribution in [1.82, 2.24) is 4.98 Å². The maximum atomic E-state index is 5.97. The Morgan fingerprint density at radius 1 is 1.18 bits per heavy atom. The lowest BCUT2D eigenvalue weighted by atomic mass is 9.98. The van der Waals surface area contributed by atoms with Gasteiger partial charge in [0.25, 0.3) is 0 Å². The summed E-state index contributed by atoms with van der Waals surface area (Å²) in [6.07, 6.45) is 1.73. The fourth-order valence-electron chi connectivity index (χ4n) is 2.55. The number of rotatable bonds is 4. The molecule has 2 aromatic rings. The number of nitrogens with one attached hydrogen (secondary N) is 1. The predicted octanol–water partition coefficient (Wildman–Crippen LogP) is 3.03. The van der Waals surface area contributed by atoms with Crippen LogP contribution in [0.1, 0.15) is 11.1 Å². The van der Waals surface area contributed by atoms with Crippen LogP contribution < -0.4 is 10.1 Å². The van der Waals surface area contributed by atoms with Crippen molar-refractivity contribution < 1.29 is 14.2 Å². The lowest BCUT2D eigenvalue weighted by molar-refractivity contribution is -0.130. The zero-order chi connectivity index (χ0) is 15.6. The van der Waals surface area contributed by atoms with Crippen molar-refractivity contribution in [3.05, 3.63) is 52.7 Å². The van der Waals surface area contributed by atoms with Crippen LogP contribution in [0.4, 0.5) is 5.82 Å². The molecule has 0 atom stereocenters. The van der Waals surface area contributed by atoms with Gasteiger partial charge >= 0.3 is 0 Å². The van der Waals surface area contributed by atoms with Gasteiger partial charge in [0, 0.05) is 29.4 Å². The first-order valence-corrected chi connectivity index (χ1v) is 7.33. The van der Waals surface area contributed by atoms with Crippen LogP contribution in [-0.4, -0.2) is 32.4 Å². The second-order valence-electron chi connectivity index (χ2n) is 4.85. The minimum atomic E-state index is -0.975. The predicted molar refractivity (Wildman–Crippen MR) is 84.5 cm³/mol. The molecule has 0 amide bonds. The van der Waals surface area contributed by atoms with E-state index in [1.165, 1.54) is 0 Å². The first-order chi connectivity index (χ1) is 10.7. The molecule has 2 heterocycles. The summed E-state index contributed by atoms with van der Waals surface area (Å²) in [5.74, 6) is 0.319. The van der Waals surface area contributed by atoms with E-state index in [1.54, 1.807) is 20.4 Å². The van der Waals surface area contributed by atoms with E-state index < -0.39 is 5.79 Å². The second-order valence-corrected chi connectivity index (χ2v) is 5.28. The Morgan fingerprint density at radius 2 is 1.86 bits per heavy atom. The Bertz CT molecular complexity index is 655. The number of anilines is 1. The van der Waals surface area contributed by atoms with Gasteiger partial charge in [-0.2, -0.15) is 0 Å². The average Bonchev–Trinajstić information content (AvgIpc) is 3.05. The Hall–Kier alpha value is -1.82. The van der Waals surface area contributed by atoms with E-state index in [2.05, 4.69) is 10.3 Å². The van der Waals surface area contributed by atoms with Crippen molar-refractivity contribution in [3.8, 4) is 5.75 Å². The van der Waals surface area contributed by atoms with Gasteiger partial charge in [-0.15, -0.1) is 0 Å². The number of hydrogen-bond donors (Lipinski definition) is 1. The molecule has 1 aliphatic heterocycles. The molecule has 1 N–H and O–H groups in total. The van der Waals surface area contributed by atoms with E-state index in [1.807, 2.05) is 30.3 Å². The lowest BCUT2D eigenvalue weighted by Gasteiger charge is -2.28. The van der Waals surface area contributed by atoms with E-state index in [9.17, 15) is 0 Å². The SMILES string of the molecule is CNc1ncc(C2(c3ccc(Cl)cc3)OCCO2)cc1OC. The molecule has 0 saturated carbocycles. The smallest absolute Gasteiger partial charge is 0.224 e. The fourth-order valence-corrected chi connectivity index (χ4v) is 2.68. The van der Waals surface area contributed by atoms with E-state index in [0.717, 1.165) is 11.1 Å². The molecule has 0 bridgehead atoms. The number of halogens is 1. The van der Waals surface area contributed by atoms with E-state index in [4.69, 9.17) is 25.8 Å². The summed E-state index contributed by atoms with van der Waals surface area (Å²) in [6.45, 7) is 1.03. The maximum Gasteiger partial charge on any atom is 0.224 e. The first kappa shape index (κ1) is 15.1. The summed E-state index contributed by atoms with van der Waals surface area (Å²) in [4.78, 5) is 4.38. The van der Waals surface area contributed by atoms with E-state index >= 15 is 0 Å². The minimum absolute atomic E-state index is 0.513. The highest BCUT2D eigenvalue weighted by Crippen LogP contribution is 2.40. The highest BCUT2D eigenvalue weighted by Gasteiger charge is 2.41. The van der Waals surface area contributed by atoms with Gasteiger partial charge in [0.15, 0.2) is 11.6 Å². The Labute approximate surface area is 134 Å². The van der Waals surface area contributed by atoms with Crippen molar-refractivity contribution in [2.24, 2.45) is 0 Å². The van der Waals surface area contributed by atoms with Crippen molar-refractivity contribution in [3.63, 3.8) is 0 Å². The number of benzene rings is 1. The summed E-state index contributed by atoms with van der Waals surface area (Å²) >= 11 is 5.97. The third-order valence-electron chi connectivity index (χ3n) is 3.61. The normalized spacial score (nSPS) is 16.5. The van der Waals surface area contributed by atoms with E-state index in [-0.39, 0.29) is 0 Å². The van der Waals surface area contributed by atoms with Gasteiger partial charge in [-0.3, -0.25) is 0 Å². The monoisotopic (exact) mass is 320 g/mol. The van der Waals surface area contributed by atoms with Crippen molar-refractivity contribution in [2.75, 3.05) is 32.7 Å². The molecule has 116 valence electrons. The van der Waals surface area contributed by atoms with Crippen molar-refractivity contribution in [1.29, 1.82) is 0 Å². The Morgan fingerprint density at radius 3 is 2.45 bits per heavy atom. The molecular weight excluding hydrogens is 304 g/mol. The zero-order valence-corrected chi connectivity index (χ0v) is 13.2. The molecular formula is C16H17ClN2O3. The van der Waals surface area contributed by atoms with Crippen LogP contribution in [-0.2, 0) is 15.3 Å². The topological polar surface area (TPSA) is 52.6 Å². The van der Waals surface area contributed by atoms with Gasteiger partial charge in [-0.1, -0.05) is 23.7 Å². The van der Waals surface area contributed by atoms with Gasteiger partial charge in [-0.25, -0.2) is 4.98 Å². The van der Waals surface area contributed by atoms with E-state index in [0.29, 0.717) is 29.8 Å². The zero-order valence-electron chi connectivity index (χ0n) is 12.4. The van der Waals surface area contributed by atoms with Gasteiger partial charge in [0.2, 0.25) is 5.79 Å². The third kappa shape index (κ3) is 2.52. The lowest BCUT2D eigenvalue weighted by Crippen LogP contribution is -2.29. The second kappa shape index (κ2) is 6.12. The first-order valence-electron chi connectivity index (χ1n) is 6.96. The molecule has 5 nitrogen and oxygen atoms in total. The highest BCUT2D eigenvalue weighted by atomic mass is 35.5. The number of pyridine rings is 1. The molecule has 6 heteroatoms. The number of ether oxygens (including phenoxy) is 3. The Kier molecular flexibility index (Phi) is 4.20. The number of nitrogens with zero attached hydrogens (tertiary/aromatic N) is 1. The van der Waals surface area contributed by atoms with Crippen molar-refractivity contribution >= 4 is 17.4 Å². The molecule has 22 heavy (non-hydrogen) atoms. The molecule has 1 aliphatic rings. The fraction of sp³-hybridized carbons (Fsp3) is 0.312. The summed E-state index contributed by atoms with van der Waals surface area (Å²) in [6, 6.07) is 9.30. The number of hydrogen-bond acceptors (Lipinski definition) is 5. The molecule has 1 aromatic heterocycles. The van der Waals surface area contributed by atoms with Crippen LogP contribution >= 0.6 is 11.6 Å². The molecule has 1 aromatic carbocycles. The summed E-state index contributed by atoms with van der Waals surface area (Å²) in [5, 5.41) is 3.65. The minimum Gasteiger partial charge on any atom is -0.493 e. The molecule has 0 unspecified atom stereocenters. The molecule has 0 radical (unpaired) electrons. The number of aromatic nitrogens is 1. The van der Waals surface area contributed by atoms with Gasteiger partial charge in [-0.05, 0) is 18.2 Å². The largest absolute Gasteiger partial charge is 0.493 e. The van der Waals surface area contributed by atoms with Crippen LogP contribution in [0.15, 0.2) is 36.5 Å². The maximum absolute atomic E-state index is 5.97. The molecule has 3 rings (SSSR count).